The maximum absolute atomic E-state index is 12.1. The van der Waals surface area contributed by atoms with Crippen LogP contribution in [0.25, 0.3) is 22.5 Å². The summed E-state index contributed by atoms with van der Waals surface area (Å²) in [6.45, 7) is 3.89. The number of nitrogens with zero attached hydrogens (tertiary/aromatic N) is 10. The topological polar surface area (TPSA) is 228 Å². The number of nitrogen functional groups attached to an aromatic ring is 1. The molecule has 2 saturated carbocycles. The molecule has 8 rings (SSSR count). The normalized spacial score (nSPS) is 13.0. The lowest BCUT2D eigenvalue weighted by Gasteiger charge is -2.15. The van der Waals surface area contributed by atoms with Gasteiger partial charge in [0.05, 0.1) is 59.8 Å². The van der Waals surface area contributed by atoms with E-state index < -0.39 is 0 Å². The number of halogens is 3. The van der Waals surface area contributed by atoms with Crippen LogP contribution in [0.4, 0.5) is 17.1 Å². The molecule has 0 saturated heterocycles. The maximum Gasteiger partial charge on any atom is 0.273 e. The Bertz CT molecular complexity index is 2490. The number of benzene rings is 2. The number of hydrogen-bond acceptors (Lipinski definition) is 14. The molecule has 4 heterocycles. The van der Waals surface area contributed by atoms with E-state index in [0.717, 1.165) is 46.7 Å². The van der Waals surface area contributed by atoms with Gasteiger partial charge in [0.2, 0.25) is 0 Å². The highest BCUT2D eigenvalue weighted by Gasteiger charge is 2.29. The molecular formula is C38H41Cl3N14O4. The number of para-hydroxylation sites is 2. The lowest BCUT2D eigenvalue weighted by Crippen LogP contribution is -2.21. The molecule has 2 amide bonds. The lowest BCUT2D eigenvalue weighted by atomic mass is 10.1. The average Bonchev–Trinajstić information content (AvgIpc) is 4.17. The second-order valence-corrected chi connectivity index (χ2v) is 14.4. The number of nitrogens with one attached hydrogen (secondary N) is 3. The Morgan fingerprint density at radius 3 is 1.68 bits per heavy atom. The highest BCUT2D eigenvalue weighted by atomic mass is 35.5. The van der Waals surface area contributed by atoms with Gasteiger partial charge in [0.1, 0.15) is 11.4 Å². The molecule has 4 aromatic heterocycles. The fourth-order valence-corrected chi connectivity index (χ4v) is 6.33. The number of carbonyl (C=O) groups excluding carboxylic acids is 2. The number of carbonyl (C=O) groups is 2. The first-order valence-corrected chi connectivity index (χ1v) is 19.4. The SMILES string of the molecule is CNC(=O)c1nnc(Cl)cc1Cl.CNC(=O)c1nnc(Cl)cc1Nc1cccc(-c2nn(C3CC3)nc2C)c1OC.COc1c(N)cccc1-c1nn(C2CC2)nc1C. The summed E-state index contributed by atoms with van der Waals surface area (Å²) in [6.07, 6.45) is 4.54. The van der Waals surface area contributed by atoms with Gasteiger partial charge in [-0.2, -0.15) is 30.0 Å². The number of aryl methyl sites for hydroxylation is 2. The van der Waals surface area contributed by atoms with Crippen LogP contribution in [0.15, 0.2) is 48.5 Å². The van der Waals surface area contributed by atoms with Crippen molar-refractivity contribution in [2.24, 2.45) is 0 Å². The fourth-order valence-electron chi connectivity index (χ4n) is 5.76. The molecule has 0 atom stereocenters. The molecule has 2 fully saturated rings. The van der Waals surface area contributed by atoms with Crippen molar-refractivity contribution in [3.05, 3.63) is 86.6 Å². The van der Waals surface area contributed by atoms with Gasteiger partial charge in [-0.15, -0.1) is 20.4 Å². The van der Waals surface area contributed by atoms with Crippen LogP contribution in [0.3, 0.4) is 0 Å². The molecule has 18 nitrogen and oxygen atoms in total. The number of methoxy groups -OCH3 is 2. The smallest absolute Gasteiger partial charge is 0.273 e. The van der Waals surface area contributed by atoms with Crippen molar-refractivity contribution >= 4 is 63.7 Å². The fraction of sp³-hybridized carbons (Fsp3) is 0.316. The van der Waals surface area contributed by atoms with Crippen LogP contribution < -0.4 is 31.2 Å². The summed E-state index contributed by atoms with van der Waals surface area (Å²) in [5.41, 5.74) is 12.8. The summed E-state index contributed by atoms with van der Waals surface area (Å²) < 4.78 is 11.1. The number of amides is 2. The van der Waals surface area contributed by atoms with Crippen molar-refractivity contribution in [1.82, 2.24) is 61.0 Å². The minimum Gasteiger partial charge on any atom is -0.494 e. The van der Waals surface area contributed by atoms with E-state index in [1.807, 2.05) is 55.0 Å². The van der Waals surface area contributed by atoms with Crippen LogP contribution in [0, 0.1) is 13.8 Å². The molecule has 0 unspecified atom stereocenters. The van der Waals surface area contributed by atoms with Gasteiger partial charge < -0.3 is 31.2 Å². The highest BCUT2D eigenvalue weighted by Crippen LogP contribution is 2.41. The van der Waals surface area contributed by atoms with Crippen LogP contribution >= 0.6 is 34.8 Å². The Hall–Kier alpha value is -6.11. The Morgan fingerprint density at radius 2 is 1.17 bits per heavy atom. The molecule has 2 aromatic carbocycles. The predicted molar refractivity (Wildman–Crippen MR) is 224 cm³/mol. The first kappa shape index (κ1) is 42.5. The first-order chi connectivity index (χ1) is 28.4. The number of rotatable bonds is 10. The van der Waals surface area contributed by atoms with Gasteiger partial charge in [-0.25, -0.2) is 0 Å². The summed E-state index contributed by atoms with van der Waals surface area (Å²) >= 11 is 17.1. The van der Waals surface area contributed by atoms with Crippen LogP contribution in [0.5, 0.6) is 11.5 Å². The molecule has 2 aliphatic carbocycles. The Balaban J connectivity index is 0.000000165. The van der Waals surface area contributed by atoms with E-state index in [4.69, 9.17) is 50.0 Å². The predicted octanol–water partition coefficient (Wildman–Crippen LogP) is 6.47. The zero-order valence-corrected chi connectivity index (χ0v) is 35.2. The Labute approximate surface area is 354 Å². The molecule has 308 valence electrons. The quantitative estimate of drug-likeness (QED) is 0.108. The van der Waals surface area contributed by atoms with Crippen LogP contribution in [-0.2, 0) is 0 Å². The van der Waals surface area contributed by atoms with Gasteiger partial charge in [-0.05, 0) is 69.9 Å². The number of aromatic nitrogens is 10. The van der Waals surface area contributed by atoms with Crippen LogP contribution in [-0.4, -0.2) is 90.5 Å². The van der Waals surface area contributed by atoms with Gasteiger partial charge >= 0.3 is 0 Å². The molecule has 5 N–H and O–H groups in total. The second kappa shape index (κ2) is 18.6. The number of ether oxygens (including phenoxy) is 2. The first-order valence-electron chi connectivity index (χ1n) is 18.3. The monoisotopic (exact) mass is 862 g/mol. The standard InChI is InChI=1S/C19H20ClN7O2.C13H16N4O.C6H5Cl2N3O/c1-10-16(26-27(25-10)11-7-8-11)12-5-4-6-13(18(12)29-3)22-14-9-15(20)23-24-17(14)19(28)21-2;1-8-12(16-17(15-8)9-6-7-9)10-4-3-5-11(14)13(10)18-2;1-9-6(12)5-3(7)2-4(8)10-11-5/h4-6,9,11H,7-8H2,1-3H3,(H,21,28)(H,22,23);3-5,9H,6-7,14H2,1-2H3;2H,1H3,(H,9,12). The highest BCUT2D eigenvalue weighted by molar-refractivity contribution is 6.35. The molecule has 0 bridgehead atoms. The molecule has 0 spiro atoms. The number of nitrogens with two attached hydrogens (primary N) is 1. The average molecular weight is 864 g/mol. The molecule has 59 heavy (non-hydrogen) atoms. The molecule has 0 aliphatic heterocycles. The van der Waals surface area contributed by atoms with Crippen molar-refractivity contribution in [3.8, 4) is 34.0 Å². The number of hydrogen-bond donors (Lipinski definition) is 4. The Kier molecular flexibility index (Phi) is 13.4. The third kappa shape index (κ3) is 9.96. The summed E-state index contributed by atoms with van der Waals surface area (Å²) in [5, 5.41) is 41.5. The van der Waals surface area contributed by atoms with Gasteiger partial charge in [-0.3, -0.25) is 9.59 Å². The summed E-state index contributed by atoms with van der Waals surface area (Å²) in [7, 11) is 6.21. The van der Waals surface area contributed by atoms with E-state index in [2.05, 4.69) is 56.7 Å². The zero-order valence-electron chi connectivity index (χ0n) is 32.9. The third-order valence-electron chi connectivity index (χ3n) is 8.96. The van der Waals surface area contributed by atoms with Gasteiger partial charge in [0, 0.05) is 31.3 Å². The van der Waals surface area contributed by atoms with Gasteiger partial charge in [-0.1, -0.05) is 46.9 Å². The van der Waals surface area contributed by atoms with Crippen LogP contribution in [0.1, 0.15) is 70.1 Å². The van der Waals surface area contributed by atoms with Crippen molar-refractivity contribution in [3.63, 3.8) is 0 Å². The van der Waals surface area contributed by atoms with Crippen molar-refractivity contribution < 1.29 is 19.1 Å². The lowest BCUT2D eigenvalue weighted by molar-refractivity contribution is 0.0949. The van der Waals surface area contributed by atoms with Gasteiger partial charge in [0.25, 0.3) is 11.8 Å². The van der Waals surface area contributed by atoms with E-state index in [0.29, 0.717) is 40.6 Å². The second-order valence-electron chi connectivity index (χ2n) is 13.3. The molecule has 6 aromatic rings. The minimum absolute atomic E-state index is 0.0727. The van der Waals surface area contributed by atoms with E-state index >= 15 is 0 Å². The van der Waals surface area contributed by atoms with Gasteiger partial charge in [0.15, 0.2) is 33.2 Å². The zero-order chi connectivity index (χ0) is 42.4. The molecular weight excluding hydrogens is 823 g/mol. The van der Waals surface area contributed by atoms with Crippen molar-refractivity contribution in [1.29, 1.82) is 0 Å². The summed E-state index contributed by atoms with van der Waals surface area (Å²) in [5.74, 6) is 0.483. The van der Waals surface area contributed by atoms with E-state index in [1.165, 1.54) is 33.0 Å². The van der Waals surface area contributed by atoms with Crippen molar-refractivity contribution in [2.45, 2.75) is 51.6 Å². The summed E-state index contributed by atoms with van der Waals surface area (Å²) in [6, 6.07) is 15.1. The molecule has 21 heteroatoms. The number of anilines is 3. The third-order valence-corrected chi connectivity index (χ3v) is 9.61. The maximum atomic E-state index is 12.1. The van der Waals surface area contributed by atoms with E-state index in [1.54, 1.807) is 25.1 Å². The minimum atomic E-state index is -0.385. The van der Waals surface area contributed by atoms with E-state index in [-0.39, 0.29) is 38.5 Å². The molecule has 2 aliphatic rings. The summed E-state index contributed by atoms with van der Waals surface area (Å²) in [4.78, 5) is 26.7. The van der Waals surface area contributed by atoms with Crippen molar-refractivity contribution in [2.75, 3.05) is 39.4 Å². The largest absolute Gasteiger partial charge is 0.494 e. The van der Waals surface area contributed by atoms with E-state index in [9.17, 15) is 9.59 Å². The molecule has 0 radical (unpaired) electrons. The van der Waals surface area contributed by atoms with Crippen LogP contribution in [0.2, 0.25) is 15.3 Å². The Morgan fingerprint density at radius 1 is 0.678 bits per heavy atom.